The molecule has 2 aliphatic rings. The Morgan fingerprint density at radius 3 is 2.70 bits per heavy atom. The Bertz CT molecular complexity index is 271. The summed E-state index contributed by atoms with van der Waals surface area (Å²) in [5.74, 6) is 1.84. The zero-order chi connectivity index (χ0) is 14.4. The van der Waals surface area contributed by atoms with Crippen LogP contribution in [0.2, 0.25) is 0 Å². The van der Waals surface area contributed by atoms with Crippen molar-refractivity contribution in [3.63, 3.8) is 0 Å². The van der Waals surface area contributed by atoms with Gasteiger partial charge in [-0.3, -0.25) is 0 Å². The zero-order valence-electron chi connectivity index (χ0n) is 13.9. The van der Waals surface area contributed by atoms with Crippen molar-refractivity contribution in [2.24, 2.45) is 17.3 Å². The predicted octanol–water partition coefficient (Wildman–Crippen LogP) is 4.39. The molecule has 1 saturated heterocycles. The molecule has 2 nitrogen and oxygen atoms in total. The first kappa shape index (κ1) is 16.3. The molecule has 2 heteroatoms. The molecule has 0 amide bonds. The van der Waals surface area contributed by atoms with Crippen molar-refractivity contribution in [2.75, 3.05) is 19.7 Å². The van der Waals surface area contributed by atoms with E-state index in [1.165, 1.54) is 57.9 Å². The van der Waals surface area contributed by atoms with Crippen LogP contribution in [0.15, 0.2) is 0 Å². The summed E-state index contributed by atoms with van der Waals surface area (Å²) in [6.07, 6.45) is 11.5. The maximum Gasteiger partial charge on any atom is 0.0576 e. The Kier molecular flexibility index (Phi) is 6.35. The molecule has 2 rings (SSSR count). The minimum atomic E-state index is 0.567. The van der Waals surface area contributed by atoms with Crippen LogP contribution in [0, 0.1) is 17.3 Å². The first-order valence-corrected chi connectivity index (χ1v) is 8.93. The standard InChI is InChI=1S/C18H35NO/c1-4-19-14-16-10-11-18(2,3)13-15(16)7-5-8-17-9-6-12-20-17/h15-17,19H,4-14H2,1-3H3. The fourth-order valence-electron chi connectivity index (χ4n) is 4.21. The molecule has 0 spiro atoms. The maximum absolute atomic E-state index is 5.76. The highest BCUT2D eigenvalue weighted by molar-refractivity contribution is 4.86. The molecule has 118 valence electrons. The van der Waals surface area contributed by atoms with Gasteiger partial charge in [0.15, 0.2) is 0 Å². The third-order valence-electron chi connectivity index (χ3n) is 5.45. The molecule has 0 radical (unpaired) electrons. The van der Waals surface area contributed by atoms with E-state index in [-0.39, 0.29) is 0 Å². The molecule has 3 atom stereocenters. The second-order valence-corrected chi connectivity index (χ2v) is 7.80. The molecule has 0 aromatic rings. The molecule has 2 fully saturated rings. The molecule has 20 heavy (non-hydrogen) atoms. The van der Waals surface area contributed by atoms with E-state index in [4.69, 9.17) is 4.74 Å². The van der Waals surface area contributed by atoms with E-state index in [9.17, 15) is 0 Å². The lowest BCUT2D eigenvalue weighted by molar-refractivity contribution is 0.0858. The van der Waals surface area contributed by atoms with E-state index in [1.807, 2.05) is 0 Å². The summed E-state index contributed by atoms with van der Waals surface area (Å²) < 4.78 is 5.76. The van der Waals surface area contributed by atoms with Crippen LogP contribution in [-0.2, 0) is 4.74 Å². The number of nitrogens with one attached hydrogen (secondary N) is 1. The quantitative estimate of drug-likeness (QED) is 0.747. The summed E-state index contributed by atoms with van der Waals surface area (Å²) in [5.41, 5.74) is 0.567. The van der Waals surface area contributed by atoms with E-state index < -0.39 is 0 Å². The predicted molar refractivity (Wildman–Crippen MR) is 86.0 cm³/mol. The van der Waals surface area contributed by atoms with Crippen LogP contribution in [0.3, 0.4) is 0 Å². The van der Waals surface area contributed by atoms with Crippen molar-refractivity contribution in [1.82, 2.24) is 5.32 Å². The van der Waals surface area contributed by atoms with Gasteiger partial charge in [0, 0.05) is 6.61 Å². The molecule has 3 unspecified atom stereocenters. The molecule has 1 aliphatic heterocycles. The topological polar surface area (TPSA) is 21.3 Å². The monoisotopic (exact) mass is 281 g/mol. The van der Waals surface area contributed by atoms with Gasteiger partial charge in [-0.1, -0.05) is 33.6 Å². The van der Waals surface area contributed by atoms with Gasteiger partial charge in [-0.15, -0.1) is 0 Å². The van der Waals surface area contributed by atoms with Gasteiger partial charge in [0.25, 0.3) is 0 Å². The highest BCUT2D eigenvalue weighted by Gasteiger charge is 2.34. The van der Waals surface area contributed by atoms with Gasteiger partial charge < -0.3 is 10.1 Å². The third-order valence-corrected chi connectivity index (χ3v) is 5.45. The van der Waals surface area contributed by atoms with E-state index in [0.29, 0.717) is 11.5 Å². The first-order valence-electron chi connectivity index (χ1n) is 8.93. The summed E-state index contributed by atoms with van der Waals surface area (Å²) in [6.45, 7) is 10.5. The summed E-state index contributed by atoms with van der Waals surface area (Å²) >= 11 is 0. The van der Waals surface area contributed by atoms with Gasteiger partial charge in [0.1, 0.15) is 0 Å². The van der Waals surface area contributed by atoms with Crippen molar-refractivity contribution in [3.05, 3.63) is 0 Å². The second-order valence-electron chi connectivity index (χ2n) is 7.80. The molecule has 1 heterocycles. The van der Waals surface area contributed by atoms with Crippen molar-refractivity contribution in [3.8, 4) is 0 Å². The largest absolute Gasteiger partial charge is 0.378 e. The summed E-state index contributed by atoms with van der Waals surface area (Å²) in [7, 11) is 0. The fraction of sp³-hybridized carbons (Fsp3) is 1.00. The summed E-state index contributed by atoms with van der Waals surface area (Å²) in [4.78, 5) is 0. The lowest BCUT2D eigenvalue weighted by Gasteiger charge is -2.41. The van der Waals surface area contributed by atoms with E-state index in [1.54, 1.807) is 0 Å². The summed E-state index contributed by atoms with van der Waals surface area (Å²) in [5, 5.41) is 3.58. The van der Waals surface area contributed by atoms with Crippen LogP contribution in [-0.4, -0.2) is 25.8 Å². The fourth-order valence-corrected chi connectivity index (χ4v) is 4.21. The molecule has 0 aromatic heterocycles. The van der Waals surface area contributed by atoms with Crippen LogP contribution >= 0.6 is 0 Å². The summed E-state index contributed by atoms with van der Waals surface area (Å²) in [6, 6.07) is 0. The number of rotatable bonds is 7. The Morgan fingerprint density at radius 1 is 1.15 bits per heavy atom. The number of hydrogen-bond donors (Lipinski definition) is 1. The lowest BCUT2D eigenvalue weighted by Crippen LogP contribution is -2.36. The molecular formula is C18H35NO. The maximum atomic E-state index is 5.76. The normalized spacial score (nSPS) is 33.5. The van der Waals surface area contributed by atoms with Crippen molar-refractivity contribution in [1.29, 1.82) is 0 Å². The molecule has 1 saturated carbocycles. The zero-order valence-corrected chi connectivity index (χ0v) is 13.9. The van der Waals surface area contributed by atoms with Gasteiger partial charge in [0.05, 0.1) is 6.10 Å². The van der Waals surface area contributed by atoms with Crippen LogP contribution in [0.25, 0.3) is 0 Å². The first-order chi connectivity index (χ1) is 9.61. The lowest BCUT2D eigenvalue weighted by atomic mass is 9.66. The average Bonchev–Trinajstić information content (AvgIpc) is 2.90. The molecule has 1 aliphatic carbocycles. The number of hydrogen-bond acceptors (Lipinski definition) is 2. The SMILES string of the molecule is CCNCC1CCC(C)(C)CC1CCCC1CCCO1. The molecule has 0 aromatic carbocycles. The Morgan fingerprint density at radius 2 is 2.00 bits per heavy atom. The van der Waals surface area contributed by atoms with E-state index in [0.717, 1.165) is 25.0 Å². The van der Waals surface area contributed by atoms with E-state index in [2.05, 4.69) is 26.1 Å². The van der Waals surface area contributed by atoms with Crippen molar-refractivity contribution in [2.45, 2.75) is 78.2 Å². The minimum absolute atomic E-state index is 0.567. The Balaban J connectivity index is 1.76. The smallest absolute Gasteiger partial charge is 0.0576 e. The van der Waals surface area contributed by atoms with E-state index >= 15 is 0 Å². The Hall–Kier alpha value is -0.0800. The van der Waals surface area contributed by atoms with Crippen LogP contribution in [0.5, 0.6) is 0 Å². The van der Waals surface area contributed by atoms with Crippen molar-refractivity contribution < 1.29 is 4.74 Å². The molecule has 0 bridgehead atoms. The average molecular weight is 281 g/mol. The van der Waals surface area contributed by atoms with Crippen LogP contribution in [0.1, 0.15) is 72.1 Å². The highest BCUT2D eigenvalue weighted by Crippen LogP contribution is 2.43. The van der Waals surface area contributed by atoms with Gasteiger partial charge in [-0.05, 0) is 68.9 Å². The number of ether oxygens (including phenoxy) is 1. The second kappa shape index (κ2) is 7.79. The van der Waals surface area contributed by atoms with Crippen LogP contribution in [0.4, 0.5) is 0 Å². The molecule has 1 N–H and O–H groups in total. The van der Waals surface area contributed by atoms with Gasteiger partial charge in [-0.2, -0.15) is 0 Å². The van der Waals surface area contributed by atoms with Crippen molar-refractivity contribution >= 4 is 0 Å². The van der Waals surface area contributed by atoms with Gasteiger partial charge >= 0.3 is 0 Å². The van der Waals surface area contributed by atoms with Crippen LogP contribution < -0.4 is 5.32 Å². The third kappa shape index (κ3) is 5.04. The van der Waals surface area contributed by atoms with Gasteiger partial charge in [0.2, 0.25) is 0 Å². The molecular weight excluding hydrogens is 246 g/mol. The minimum Gasteiger partial charge on any atom is -0.378 e. The highest BCUT2D eigenvalue weighted by atomic mass is 16.5. The Labute approximate surface area is 126 Å². The van der Waals surface area contributed by atoms with Gasteiger partial charge in [-0.25, -0.2) is 0 Å².